The second kappa shape index (κ2) is 12.0. The van der Waals surface area contributed by atoms with Gasteiger partial charge in [0.25, 0.3) is 0 Å². The van der Waals surface area contributed by atoms with Crippen molar-refractivity contribution in [2.75, 3.05) is 0 Å². The number of hydrogen-bond donors (Lipinski definition) is 0. The van der Waals surface area contributed by atoms with E-state index in [1.807, 2.05) is 35.6 Å². The number of nitriles is 2. The average Bonchev–Trinajstić information content (AvgIpc) is 3.91. The monoisotopic (exact) mass is 716 g/mol. The van der Waals surface area contributed by atoms with Crippen LogP contribution in [0, 0.1) is 22.7 Å². The molecule has 0 bridgehead atoms. The van der Waals surface area contributed by atoms with Crippen LogP contribution in [0.1, 0.15) is 11.1 Å². The third-order valence-corrected chi connectivity index (χ3v) is 12.1. The summed E-state index contributed by atoms with van der Waals surface area (Å²) < 4.78 is 7.09. The molecular formula is C50H28N4S. The van der Waals surface area contributed by atoms with Crippen LogP contribution in [0.5, 0.6) is 0 Å². The largest absolute Gasteiger partial charge is 0.309 e. The Balaban J connectivity index is 1.11. The van der Waals surface area contributed by atoms with E-state index in [-0.39, 0.29) is 0 Å². The first-order valence-corrected chi connectivity index (χ1v) is 19.0. The molecule has 0 aliphatic heterocycles. The van der Waals surface area contributed by atoms with Crippen LogP contribution in [0.15, 0.2) is 170 Å². The Kier molecular flexibility index (Phi) is 6.82. The average molecular weight is 717 g/mol. The fourth-order valence-corrected chi connectivity index (χ4v) is 9.85. The van der Waals surface area contributed by atoms with Gasteiger partial charge in [0.2, 0.25) is 0 Å². The Morgan fingerprint density at radius 1 is 0.400 bits per heavy atom. The summed E-state index contributed by atoms with van der Waals surface area (Å²) in [7, 11) is 0. The normalized spacial score (nSPS) is 11.6. The van der Waals surface area contributed by atoms with Gasteiger partial charge >= 0.3 is 0 Å². The SMILES string of the molecule is N#Cc1cc(-c2ccccc2-c2cccc(-n3c4ccc(C#N)cc4c4c5sc6ccccc6c5ccc43)c2)cc(-n2c3ccccc3c3ccccc32)c1. The zero-order valence-corrected chi connectivity index (χ0v) is 30.2. The molecule has 3 heterocycles. The van der Waals surface area contributed by atoms with Crippen LogP contribution in [0.3, 0.4) is 0 Å². The van der Waals surface area contributed by atoms with Gasteiger partial charge in [0.1, 0.15) is 0 Å². The number of benzene rings is 8. The number of aromatic nitrogens is 2. The van der Waals surface area contributed by atoms with E-state index in [0.29, 0.717) is 11.1 Å². The summed E-state index contributed by atoms with van der Waals surface area (Å²) in [6.07, 6.45) is 0. The minimum atomic E-state index is 0.604. The maximum absolute atomic E-state index is 10.3. The highest BCUT2D eigenvalue weighted by Gasteiger charge is 2.20. The molecule has 0 saturated carbocycles. The minimum Gasteiger partial charge on any atom is -0.309 e. The van der Waals surface area contributed by atoms with E-state index >= 15 is 0 Å². The molecule has 3 aromatic heterocycles. The first-order chi connectivity index (χ1) is 27.2. The van der Waals surface area contributed by atoms with E-state index < -0.39 is 0 Å². The van der Waals surface area contributed by atoms with Crippen LogP contribution in [-0.4, -0.2) is 9.13 Å². The fourth-order valence-electron chi connectivity index (χ4n) is 8.59. The van der Waals surface area contributed by atoms with Gasteiger partial charge in [-0.15, -0.1) is 11.3 Å². The van der Waals surface area contributed by atoms with Crippen LogP contribution in [-0.2, 0) is 0 Å². The Labute approximate surface area is 320 Å². The lowest BCUT2D eigenvalue weighted by molar-refractivity contribution is 1.18. The molecule has 55 heavy (non-hydrogen) atoms. The Morgan fingerprint density at radius 3 is 1.78 bits per heavy atom. The zero-order chi connectivity index (χ0) is 36.6. The van der Waals surface area contributed by atoms with E-state index in [1.165, 1.54) is 36.3 Å². The van der Waals surface area contributed by atoms with Gasteiger partial charge in [-0.05, 0) is 95.1 Å². The van der Waals surface area contributed by atoms with Crippen molar-refractivity contribution in [3.8, 4) is 45.8 Å². The summed E-state index contributed by atoms with van der Waals surface area (Å²) in [6.45, 7) is 0. The summed E-state index contributed by atoms with van der Waals surface area (Å²) in [5.74, 6) is 0. The molecule has 8 aromatic carbocycles. The maximum atomic E-state index is 10.3. The number of para-hydroxylation sites is 2. The molecule has 5 heteroatoms. The maximum Gasteiger partial charge on any atom is 0.0992 e. The van der Waals surface area contributed by atoms with Gasteiger partial charge in [-0.2, -0.15) is 10.5 Å². The van der Waals surface area contributed by atoms with Gasteiger partial charge in [-0.25, -0.2) is 0 Å². The molecule has 0 saturated heterocycles. The lowest BCUT2D eigenvalue weighted by Gasteiger charge is -2.15. The van der Waals surface area contributed by atoms with Crippen molar-refractivity contribution in [2.24, 2.45) is 0 Å². The van der Waals surface area contributed by atoms with Gasteiger partial charge in [-0.1, -0.05) is 97.1 Å². The topological polar surface area (TPSA) is 57.4 Å². The molecule has 0 spiro atoms. The van der Waals surface area contributed by atoms with Gasteiger partial charge in [0, 0.05) is 53.1 Å². The zero-order valence-electron chi connectivity index (χ0n) is 29.4. The molecular weight excluding hydrogens is 689 g/mol. The van der Waals surface area contributed by atoms with Gasteiger partial charge in [0.05, 0.1) is 45.3 Å². The summed E-state index contributed by atoms with van der Waals surface area (Å²) in [6, 6.07) is 64.2. The number of nitrogens with zero attached hydrogens (tertiary/aromatic N) is 4. The van der Waals surface area contributed by atoms with Crippen LogP contribution in [0.2, 0.25) is 0 Å². The number of thiophene rings is 1. The summed E-state index contributed by atoms with van der Waals surface area (Å²) >= 11 is 1.81. The molecule has 0 amide bonds. The molecule has 0 aliphatic rings. The lowest BCUT2D eigenvalue weighted by Crippen LogP contribution is -1.97. The van der Waals surface area contributed by atoms with Crippen LogP contribution >= 0.6 is 11.3 Å². The Hall–Kier alpha value is -7.44. The summed E-state index contributed by atoms with van der Waals surface area (Å²) in [5, 5.41) is 27.3. The van der Waals surface area contributed by atoms with Crippen molar-refractivity contribution in [1.29, 1.82) is 10.5 Å². The van der Waals surface area contributed by atoms with E-state index in [2.05, 4.69) is 167 Å². The smallest absolute Gasteiger partial charge is 0.0992 e. The van der Waals surface area contributed by atoms with E-state index in [9.17, 15) is 10.5 Å². The second-order valence-corrected chi connectivity index (χ2v) is 15.0. The van der Waals surface area contributed by atoms with Crippen LogP contribution in [0.25, 0.3) is 97.4 Å². The van der Waals surface area contributed by atoms with E-state index in [0.717, 1.165) is 61.1 Å². The predicted molar refractivity (Wildman–Crippen MR) is 228 cm³/mol. The van der Waals surface area contributed by atoms with Crippen LogP contribution in [0.4, 0.5) is 0 Å². The van der Waals surface area contributed by atoms with Gasteiger partial charge < -0.3 is 9.13 Å². The highest BCUT2D eigenvalue weighted by Crippen LogP contribution is 2.44. The predicted octanol–water partition coefficient (Wildman–Crippen LogP) is 13.3. The highest BCUT2D eigenvalue weighted by molar-refractivity contribution is 7.26. The molecule has 0 radical (unpaired) electrons. The van der Waals surface area contributed by atoms with Gasteiger partial charge in [0.15, 0.2) is 0 Å². The first-order valence-electron chi connectivity index (χ1n) is 18.2. The highest BCUT2D eigenvalue weighted by atomic mass is 32.1. The van der Waals surface area contributed by atoms with Crippen molar-refractivity contribution >= 4 is 75.1 Å². The Bertz CT molecular complexity index is 3420. The van der Waals surface area contributed by atoms with Crippen molar-refractivity contribution < 1.29 is 0 Å². The molecule has 11 aromatic rings. The standard InChI is InChI=1S/C50H28N4S/c51-29-31-20-22-46-43(26-31)49-47(23-21-42-41-16-5-8-19-48(41)55-50(42)49)53(46)35-11-9-10-33(27-35)37-12-1-2-13-38(37)34-24-32(30-52)25-36(28-34)54-44-17-6-3-14-39(44)40-15-4-7-18-45(40)54/h1-28H. The van der Waals surface area contributed by atoms with Crippen LogP contribution < -0.4 is 0 Å². The lowest BCUT2D eigenvalue weighted by atomic mass is 9.93. The molecule has 4 nitrogen and oxygen atoms in total. The van der Waals surface area contributed by atoms with Crippen molar-refractivity contribution in [3.63, 3.8) is 0 Å². The molecule has 11 rings (SSSR count). The molecule has 0 atom stereocenters. The molecule has 254 valence electrons. The number of hydrogen-bond acceptors (Lipinski definition) is 3. The molecule has 0 fully saturated rings. The molecule has 0 aliphatic carbocycles. The number of rotatable bonds is 4. The van der Waals surface area contributed by atoms with Crippen molar-refractivity contribution in [1.82, 2.24) is 9.13 Å². The van der Waals surface area contributed by atoms with E-state index in [1.54, 1.807) is 0 Å². The molecule has 0 unspecified atom stereocenters. The second-order valence-electron chi connectivity index (χ2n) is 14.0. The van der Waals surface area contributed by atoms with Gasteiger partial charge in [-0.3, -0.25) is 0 Å². The van der Waals surface area contributed by atoms with Crippen molar-refractivity contribution in [3.05, 3.63) is 181 Å². The summed E-state index contributed by atoms with van der Waals surface area (Å²) in [4.78, 5) is 0. The minimum absolute atomic E-state index is 0.604. The first kappa shape index (κ1) is 31.1. The fraction of sp³-hybridized carbons (Fsp3) is 0. The quantitative estimate of drug-likeness (QED) is 0.182. The molecule has 0 N–H and O–H groups in total. The Morgan fingerprint density at radius 2 is 1.02 bits per heavy atom. The third-order valence-electron chi connectivity index (χ3n) is 10.9. The van der Waals surface area contributed by atoms with E-state index in [4.69, 9.17) is 0 Å². The number of fused-ring (bicyclic) bond motifs is 10. The third kappa shape index (κ3) is 4.68. The summed E-state index contributed by atoms with van der Waals surface area (Å²) in [5.41, 5.74) is 11.8. The van der Waals surface area contributed by atoms with Crippen molar-refractivity contribution in [2.45, 2.75) is 0 Å².